The minimum absolute atomic E-state index is 0.619. The maximum atomic E-state index is 5.85. The van der Waals surface area contributed by atoms with E-state index in [1.165, 1.54) is 4.88 Å². The first-order valence-electron chi connectivity index (χ1n) is 5.37. The van der Waals surface area contributed by atoms with Crippen LogP contribution in [0.15, 0.2) is 12.1 Å². The molecule has 2 nitrogen and oxygen atoms in total. The third-order valence-corrected chi connectivity index (χ3v) is 3.68. The Labute approximate surface area is 101 Å². The number of hydrogen-bond donors (Lipinski definition) is 2. The molecule has 0 spiro atoms. The Kier molecular flexibility index (Phi) is 6.25. The van der Waals surface area contributed by atoms with Crippen molar-refractivity contribution in [3.05, 3.63) is 21.3 Å². The molecule has 15 heavy (non-hydrogen) atoms. The molecule has 1 atom stereocenters. The Balaban J connectivity index is 2.02. The zero-order valence-electron chi connectivity index (χ0n) is 9.13. The van der Waals surface area contributed by atoms with Gasteiger partial charge in [0.25, 0.3) is 0 Å². The van der Waals surface area contributed by atoms with Crippen molar-refractivity contribution in [3.8, 4) is 0 Å². The first-order valence-corrected chi connectivity index (χ1v) is 6.57. The van der Waals surface area contributed by atoms with E-state index < -0.39 is 0 Å². The summed E-state index contributed by atoms with van der Waals surface area (Å²) in [5, 5.41) is 3.42. The van der Waals surface area contributed by atoms with Gasteiger partial charge in [-0.1, -0.05) is 18.5 Å². The van der Waals surface area contributed by atoms with Crippen molar-refractivity contribution in [2.45, 2.75) is 19.8 Å². The molecule has 1 aromatic rings. The van der Waals surface area contributed by atoms with Crippen LogP contribution in [0.25, 0.3) is 0 Å². The molecule has 1 aromatic heterocycles. The highest BCUT2D eigenvalue weighted by atomic mass is 35.5. The van der Waals surface area contributed by atoms with Gasteiger partial charge < -0.3 is 11.1 Å². The van der Waals surface area contributed by atoms with Crippen LogP contribution in [0, 0.1) is 5.92 Å². The Morgan fingerprint density at radius 3 is 2.87 bits per heavy atom. The number of hydrogen-bond acceptors (Lipinski definition) is 3. The summed E-state index contributed by atoms with van der Waals surface area (Å²) in [5.41, 5.74) is 5.54. The first kappa shape index (κ1) is 13.0. The first-order chi connectivity index (χ1) is 7.22. The summed E-state index contributed by atoms with van der Waals surface area (Å²) >= 11 is 7.51. The van der Waals surface area contributed by atoms with Crippen molar-refractivity contribution < 1.29 is 0 Å². The van der Waals surface area contributed by atoms with Crippen LogP contribution in [0.4, 0.5) is 0 Å². The summed E-state index contributed by atoms with van der Waals surface area (Å²) in [6.45, 7) is 5.04. The van der Waals surface area contributed by atoms with Gasteiger partial charge in [-0.05, 0) is 50.5 Å². The smallest absolute Gasteiger partial charge is 0.0931 e. The SMILES string of the molecule is CC(CN)CCNCCc1ccc(Cl)s1. The predicted octanol–water partition coefficient (Wildman–Crippen LogP) is 2.52. The highest BCUT2D eigenvalue weighted by Gasteiger charge is 1.99. The summed E-state index contributed by atoms with van der Waals surface area (Å²) in [6.07, 6.45) is 2.22. The molecule has 1 heterocycles. The molecule has 0 radical (unpaired) electrons. The fourth-order valence-corrected chi connectivity index (χ4v) is 2.38. The van der Waals surface area contributed by atoms with E-state index in [4.69, 9.17) is 17.3 Å². The van der Waals surface area contributed by atoms with Gasteiger partial charge in [-0.2, -0.15) is 0 Å². The molecule has 86 valence electrons. The summed E-state index contributed by atoms with van der Waals surface area (Å²) in [6, 6.07) is 4.05. The van der Waals surface area contributed by atoms with E-state index in [2.05, 4.69) is 18.3 Å². The monoisotopic (exact) mass is 246 g/mol. The molecule has 0 aromatic carbocycles. The third kappa shape index (κ3) is 5.52. The molecular weight excluding hydrogens is 228 g/mol. The van der Waals surface area contributed by atoms with E-state index in [-0.39, 0.29) is 0 Å². The largest absolute Gasteiger partial charge is 0.330 e. The molecule has 4 heteroatoms. The second-order valence-electron chi connectivity index (χ2n) is 3.84. The molecule has 0 saturated carbocycles. The lowest BCUT2D eigenvalue weighted by Gasteiger charge is -2.08. The standard InChI is InChI=1S/C11H19ClN2S/c1-9(8-13)4-6-14-7-5-10-2-3-11(12)15-10/h2-3,9,14H,4-8,13H2,1H3. The molecule has 0 amide bonds. The van der Waals surface area contributed by atoms with Gasteiger partial charge in [-0.25, -0.2) is 0 Å². The summed E-state index contributed by atoms with van der Waals surface area (Å²) < 4.78 is 0.877. The lowest BCUT2D eigenvalue weighted by Crippen LogP contribution is -2.22. The van der Waals surface area contributed by atoms with Crippen molar-refractivity contribution in [1.82, 2.24) is 5.32 Å². The second-order valence-corrected chi connectivity index (χ2v) is 5.64. The van der Waals surface area contributed by atoms with Gasteiger partial charge >= 0.3 is 0 Å². The number of nitrogens with one attached hydrogen (secondary N) is 1. The zero-order chi connectivity index (χ0) is 11.1. The Morgan fingerprint density at radius 2 is 2.27 bits per heavy atom. The lowest BCUT2D eigenvalue weighted by molar-refractivity contribution is 0.511. The molecule has 0 aliphatic rings. The van der Waals surface area contributed by atoms with Crippen LogP contribution < -0.4 is 11.1 Å². The predicted molar refractivity (Wildman–Crippen MR) is 68.7 cm³/mol. The summed E-state index contributed by atoms with van der Waals surface area (Å²) in [7, 11) is 0. The maximum Gasteiger partial charge on any atom is 0.0931 e. The van der Waals surface area contributed by atoms with Gasteiger partial charge in [0.1, 0.15) is 0 Å². The van der Waals surface area contributed by atoms with E-state index in [1.54, 1.807) is 11.3 Å². The highest BCUT2D eigenvalue weighted by Crippen LogP contribution is 2.21. The average molecular weight is 247 g/mol. The molecule has 1 unspecified atom stereocenters. The molecule has 3 N–H and O–H groups in total. The molecule has 0 fully saturated rings. The number of rotatable bonds is 7. The Bertz CT molecular complexity index is 275. The van der Waals surface area contributed by atoms with Crippen LogP contribution in [0.3, 0.4) is 0 Å². The van der Waals surface area contributed by atoms with Crippen molar-refractivity contribution >= 4 is 22.9 Å². The van der Waals surface area contributed by atoms with Gasteiger partial charge in [0.15, 0.2) is 0 Å². The van der Waals surface area contributed by atoms with Crippen molar-refractivity contribution in [1.29, 1.82) is 0 Å². The Morgan fingerprint density at radius 1 is 1.47 bits per heavy atom. The number of thiophene rings is 1. The normalized spacial score (nSPS) is 13.0. The summed E-state index contributed by atoms with van der Waals surface area (Å²) in [4.78, 5) is 1.35. The van der Waals surface area contributed by atoms with E-state index in [9.17, 15) is 0 Å². The quantitative estimate of drug-likeness (QED) is 0.726. The van der Waals surface area contributed by atoms with Crippen molar-refractivity contribution in [2.75, 3.05) is 19.6 Å². The van der Waals surface area contributed by atoms with Crippen LogP contribution in [-0.2, 0) is 6.42 Å². The van der Waals surface area contributed by atoms with E-state index in [1.807, 2.05) is 6.07 Å². The topological polar surface area (TPSA) is 38.0 Å². The van der Waals surface area contributed by atoms with E-state index >= 15 is 0 Å². The highest BCUT2D eigenvalue weighted by molar-refractivity contribution is 7.16. The van der Waals surface area contributed by atoms with Crippen LogP contribution in [-0.4, -0.2) is 19.6 Å². The van der Waals surface area contributed by atoms with Crippen LogP contribution in [0.2, 0.25) is 4.34 Å². The minimum Gasteiger partial charge on any atom is -0.330 e. The van der Waals surface area contributed by atoms with Gasteiger partial charge in [0, 0.05) is 4.88 Å². The molecule has 0 aliphatic heterocycles. The molecule has 0 aliphatic carbocycles. The zero-order valence-corrected chi connectivity index (χ0v) is 10.7. The number of halogens is 1. The molecule has 0 saturated heterocycles. The van der Waals surface area contributed by atoms with E-state index in [0.717, 1.165) is 36.8 Å². The van der Waals surface area contributed by atoms with Crippen LogP contribution in [0.1, 0.15) is 18.2 Å². The van der Waals surface area contributed by atoms with Crippen molar-refractivity contribution in [2.24, 2.45) is 11.7 Å². The molecule has 0 bridgehead atoms. The van der Waals surface area contributed by atoms with Gasteiger partial charge in [0.05, 0.1) is 4.34 Å². The molecular formula is C11H19ClN2S. The fourth-order valence-electron chi connectivity index (χ4n) is 1.29. The summed E-state index contributed by atoms with van der Waals surface area (Å²) in [5.74, 6) is 0.619. The van der Waals surface area contributed by atoms with E-state index in [0.29, 0.717) is 5.92 Å². The average Bonchev–Trinajstić information content (AvgIpc) is 2.63. The van der Waals surface area contributed by atoms with Crippen molar-refractivity contribution in [3.63, 3.8) is 0 Å². The van der Waals surface area contributed by atoms with Gasteiger partial charge in [-0.3, -0.25) is 0 Å². The third-order valence-electron chi connectivity index (χ3n) is 2.39. The number of nitrogens with two attached hydrogens (primary N) is 1. The van der Waals surface area contributed by atoms with Gasteiger partial charge in [0.2, 0.25) is 0 Å². The fraction of sp³-hybridized carbons (Fsp3) is 0.636. The van der Waals surface area contributed by atoms with Crippen LogP contribution in [0.5, 0.6) is 0 Å². The Hall–Kier alpha value is -0.0900. The van der Waals surface area contributed by atoms with Gasteiger partial charge in [-0.15, -0.1) is 11.3 Å². The maximum absolute atomic E-state index is 5.85. The lowest BCUT2D eigenvalue weighted by atomic mass is 10.1. The van der Waals surface area contributed by atoms with Crippen LogP contribution >= 0.6 is 22.9 Å². The second kappa shape index (κ2) is 7.23. The molecule has 1 rings (SSSR count). The minimum atomic E-state index is 0.619.